The second-order valence-electron chi connectivity index (χ2n) is 12.0. The molecular weight excluding hydrogens is 450 g/mol. The normalized spacial score (nSPS) is 32.0. The first-order valence-electron chi connectivity index (χ1n) is 13.8. The van der Waals surface area contributed by atoms with Crippen LogP contribution in [0.2, 0.25) is 0 Å². The Morgan fingerprint density at radius 1 is 1.06 bits per heavy atom. The molecule has 2 N–H and O–H groups in total. The third kappa shape index (κ3) is 3.67. The van der Waals surface area contributed by atoms with Crippen molar-refractivity contribution in [3.8, 4) is 5.75 Å². The number of pyridine rings is 1. The van der Waals surface area contributed by atoms with Crippen molar-refractivity contribution >= 4 is 5.91 Å². The van der Waals surface area contributed by atoms with Gasteiger partial charge in [-0.3, -0.25) is 14.7 Å². The standard InChI is InChI=1S/C30H39N3O3/c1-21-6-9-24(34)19-25(21)29-12-16-32(27(35)28(10-11-28)26-5-3-4-15-31-26)18-14-30(29,36)22(2)33(17-13-29)20-23-7-8-23/h3-6,9,15,19,22-23,34,36H,7-8,10-14,16-18,20H2,1-2H3. The molecule has 0 radical (unpaired) electrons. The van der Waals surface area contributed by atoms with Gasteiger partial charge in [0.2, 0.25) is 5.91 Å². The number of nitrogens with zero attached hydrogens (tertiary/aromatic N) is 3. The molecule has 3 heterocycles. The number of piperidine rings is 1. The van der Waals surface area contributed by atoms with Crippen LogP contribution in [0.15, 0.2) is 42.6 Å². The maximum atomic E-state index is 14.0. The summed E-state index contributed by atoms with van der Waals surface area (Å²) in [4.78, 5) is 23.0. The lowest BCUT2D eigenvalue weighted by molar-refractivity contribution is -0.138. The van der Waals surface area contributed by atoms with Crippen LogP contribution in [0.3, 0.4) is 0 Å². The number of likely N-dealkylation sites (tertiary alicyclic amines) is 2. The van der Waals surface area contributed by atoms with E-state index in [9.17, 15) is 15.0 Å². The summed E-state index contributed by atoms with van der Waals surface area (Å²) in [6, 6.07) is 11.4. The fourth-order valence-corrected chi connectivity index (χ4v) is 7.34. The minimum Gasteiger partial charge on any atom is -0.508 e. The van der Waals surface area contributed by atoms with Crippen molar-refractivity contribution in [2.24, 2.45) is 5.92 Å². The first-order chi connectivity index (χ1) is 17.3. The van der Waals surface area contributed by atoms with Crippen molar-refractivity contribution in [3.63, 3.8) is 0 Å². The van der Waals surface area contributed by atoms with E-state index in [4.69, 9.17) is 0 Å². The van der Waals surface area contributed by atoms with Crippen molar-refractivity contribution in [1.82, 2.24) is 14.8 Å². The second kappa shape index (κ2) is 8.56. The van der Waals surface area contributed by atoms with Gasteiger partial charge in [-0.05, 0) is 107 Å². The van der Waals surface area contributed by atoms with Gasteiger partial charge in [-0.1, -0.05) is 12.1 Å². The molecule has 4 fully saturated rings. The molecule has 6 nitrogen and oxygen atoms in total. The number of hydrogen-bond donors (Lipinski definition) is 2. The van der Waals surface area contributed by atoms with Crippen LogP contribution in [0.5, 0.6) is 5.75 Å². The number of fused-ring (bicyclic) bond motifs is 1. The second-order valence-corrected chi connectivity index (χ2v) is 12.0. The Morgan fingerprint density at radius 3 is 2.50 bits per heavy atom. The van der Waals surface area contributed by atoms with E-state index in [1.54, 1.807) is 12.3 Å². The van der Waals surface area contributed by atoms with Crippen molar-refractivity contribution in [3.05, 3.63) is 59.4 Å². The van der Waals surface area contributed by atoms with Crippen LogP contribution in [0, 0.1) is 12.8 Å². The van der Waals surface area contributed by atoms with Crippen molar-refractivity contribution in [2.75, 3.05) is 26.2 Å². The minimum atomic E-state index is -0.991. The summed E-state index contributed by atoms with van der Waals surface area (Å²) in [6.07, 6.45) is 8.09. The summed E-state index contributed by atoms with van der Waals surface area (Å²) in [6.45, 7) is 7.40. The molecule has 0 spiro atoms. The van der Waals surface area contributed by atoms with Crippen LogP contribution in [0.25, 0.3) is 0 Å². The predicted octanol–water partition coefficient (Wildman–Crippen LogP) is 3.92. The van der Waals surface area contributed by atoms with E-state index >= 15 is 0 Å². The maximum Gasteiger partial charge on any atom is 0.234 e. The van der Waals surface area contributed by atoms with Gasteiger partial charge in [0.05, 0.1) is 16.7 Å². The van der Waals surface area contributed by atoms with Crippen LogP contribution in [0.4, 0.5) is 0 Å². The van der Waals surface area contributed by atoms with E-state index in [1.807, 2.05) is 35.2 Å². The predicted molar refractivity (Wildman–Crippen MR) is 139 cm³/mol. The number of carbonyl (C=O) groups excluding carboxylic acids is 1. The van der Waals surface area contributed by atoms with E-state index < -0.39 is 16.4 Å². The highest BCUT2D eigenvalue weighted by Gasteiger charge is 2.61. The molecule has 2 saturated heterocycles. The van der Waals surface area contributed by atoms with Crippen molar-refractivity contribution in [2.45, 2.75) is 81.3 Å². The number of amides is 1. The van der Waals surface area contributed by atoms with Gasteiger partial charge in [0.1, 0.15) is 5.75 Å². The van der Waals surface area contributed by atoms with Crippen LogP contribution in [-0.4, -0.2) is 68.7 Å². The number of aryl methyl sites for hydroxylation is 1. The van der Waals surface area contributed by atoms with Crippen LogP contribution >= 0.6 is 0 Å². The molecule has 1 aromatic carbocycles. The van der Waals surface area contributed by atoms with Crippen LogP contribution < -0.4 is 0 Å². The van der Waals surface area contributed by atoms with E-state index in [0.29, 0.717) is 25.9 Å². The number of phenolic OH excluding ortho intramolecular Hbond substituents is 1. The molecule has 2 aromatic rings. The zero-order chi connectivity index (χ0) is 25.1. The first-order valence-corrected chi connectivity index (χ1v) is 13.8. The highest BCUT2D eigenvalue weighted by Crippen LogP contribution is 2.54. The van der Waals surface area contributed by atoms with Gasteiger partial charge < -0.3 is 15.1 Å². The Balaban J connectivity index is 1.36. The average Bonchev–Trinajstić information content (AvgIpc) is 3.80. The van der Waals surface area contributed by atoms with Gasteiger partial charge in [0, 0.05) is 37.3 Å². The maximum absolute atomic E-state index is 14.0. The van der Waals surface area contributed by atoms with Crippen LogP contribution in [-0.2, 0) is 15.6 Å². The average molecular weight is 490 g/mol. The Kier molecular flexibility index (Phi) is 5.69. The number of carbonyl (C=O) groups is 1. The number of aliphatic hydroxyl groups is 1. The van der Waals surface area contributed by atoms with Crippen LogP contribution in [0.1, 0.15) is 68.7 Å². The molecule has 6 heteroatoms. The largest absolute Gasteiger partial charge is 0.508 e. The lowest BCUT2D eigenvalue weighted by Crippen LogP contribution is -2.68. The highest BCUT2D eigenvalue weighted by molar-refractivity contribution is 5.90. The summed E-state index contributed by atoms with van der Waals surface area (Å²) in [5, 5.41) is 23.2. The summed E-state index contributed by atoms with van der Waals surface area (Å²) < 4.78 is 0. The number of aromatic nitrogens is 1. The van der Waals surface area contributed by atoms with Crippen molar-refractivity contribution in [1.29, 1.82) is 0 Å². The van der Waals surface area contributed by atoms with Gasteiger partial charge in [-0.2, -0.15) is 0 Å². The molecule has 3 unspecified atom stereocenters. The van der Waals surface area contributed by atoms with Gasteiger partial charge >= 0.3 is 0 Å². The number of aromatic hydroxyl groups is 1. The molecule has 2 aliphatic heterocycles. The molecular formula is C30H39N3O3. The van der Waals surface area contributed by atoms with Gasteiger partial charge in [0.25, 0.3) is 0 Å². The molecule has 4 aliphatic rings. The molecule has 2 aliphatic carbocycles. The molecule has 192 valence electrons. The molecule has 1 aromatic heterocycles. The Morgan fingerprint density at radius 2 is 1.81 bits per heavy atom. The zero-order valence-electron chi connectivity index (χ0n) is 21.6. The number of rotatable bonds is 5. The molecule has 36 heavy (non-hydrogen) atoms. The minimum absolute atomic E-state index is 0.0191. The van der Waals surface area contributed by atoms with E-state index in [1.165, 1.54) is 12.8 Å². The first kappa shape index (κ1) is 23.9. The molecule has 6 rings (SSSR count). The zero-order valence-corrected chi connectivity index (χ0v) is 21.6. The van der Waals surface area contributed by atoms with Gasteiger partial charge in [-0.25, -0.2) is 0 Å². The molecule has 2 saturated carbocycles. The number of benzene rings is 1. The lowest BCUT2D eigenvalue weighted by atomic mass is 9.57. The fourth-order valence-electron chi connectivity index (χ4n) is 7.34. The summed E-state index contributed by atoms with van der Waals surface area (Å²) in [5.74, 6) is 1.15. The third-order valence-corrected chi connectivity index (χ3v) is 9.99. The summed E-state index contributed by atoms with van der Waals surface area (Å²) in [7, 11) is 0. The molecule has 1 amide bonds. The van der Waals surface area contributed by atoms with Gasteiger partial charge in [0.15, 0.2) is 0 Å². The highest BCUT2D eigenvalue weighted by atomic mass is 16.3. The number of phenols is 1. The smallest absolute Gasteiger partial charge is 0.234 e. The number of hydrogen-bond acceptors (Lipinski definition) is 5. The Bertz CT molecular complexity index is 1150. The monoisotopic (exact) mass is 489 g/mol. The fraction of sp³-hybridized carbons (Fsp3) is 0.600. The molecule has 0 bridgehead atoms. The Labute approximate surface area is 214 Å². The summed E-state index contributed by atoms with van der Waals surface area (Å²) in [5.41, 5.74) is 1.01. The third-order valence-electron chi connectivity index (χ3n) is 9.99. The SMILES string of the molecule is Cc1ccc(O)cc1C12CCN(C(=O)C3(c4ccccn4)CC3)CCC1(O)C(C)N(CC1CC1)CC2. The molecule has 3 atom stereocenters. The van der Waals surface area contributed by atoms with E-state index in [2.05, 4.69) is 23.7 Å². The van der Waals surface area contributed by atoms with E-state index in [-0.39, 0.29) is 17.7 Å². The summed E-state index contributed by atoms with van der Waals surface area (Å²) >= 11 is 0. The lowest BCUT2D eigenvalue weighted by Gasteiger charge is -2.57. The topological polar surface area (TPSA) is 76.9 Å². The van der Waals surface area contributed by atoms with Gasteiger partial charge in [-0.15, -0.1) is 0 Å². The Hall–Kier alpha value is -2.44. The van der Waals surface area contributed by atoms with E-state index in [0.717, 1.165) is 55.1 Å². The van der Waals surface area contributed by atoms with Crippen molar-refractivity contribution < 1.29 is 15.0 Å². The quantitative estimate of drug-likeness (QED) is 0.666.